The van der Waals surface area contributed by atoms with E-state index in [0.29, 0.717) is 12.5 Å². The van der Waals surface area contributed by atoms with Crippen LogP contribution >= 0.6 is 0 Å². The van der Waals surface area contributed by atoms with Crippen LogP contribution in [-0.4, -0.2) is 18.5 Å². The van der Waals surface area contributed by atoms with Gasteiger partial charge in [-0.05, 0) is 35.4 Å². The highest BCUT2D eigenvalue weighted by Gasteiger charge is 2.48. The van der Waals surface area contributed by atoms with Crippen molar-refractivity contribution >= 4 is 5.90 Å². The molecule has 2 nitrogen and oxygen atoms in total. The van der Waals surface area contributed by atoms with Gasteiger partial charge in [0, 0.05) is 0 Å². The second kappa shape index (κ2) is 5.52. The Bertz CT molecular complexity index is 735. The van der Waals surface area contributed by atoms with Gasteiger partial charge in [-0.3, -0.25) is 0 Å². The topological polar surface area (TPSA) is 21.6 Å². The van der Waals surface area contributed by atoms with Gasteiger partial charge in [-0.1, -0.05) is 68.4 Å². The van der Waals surface area contributed by atoms with E-state index in [9.17, 15) is 0 Å². The average Bonchev–Trinajstić information content (AvgIpc) is 3.21. The molecule has 0 unspecified atom stereocenters. The number of aryl methyl sites for hydroxylation is 1. The summed E-state index contributed by atoms with van der Waals surface area (Å²) in [5, 5.41) is 0. The minimum Gasteiger partial charge on any atom is -0.478 e. The van der Waals surface area contributed by atoms with Gasteiger partial charge in [0.2, 0.25) is 0 Å². The van der Waals surface area contributed by atoms with Crippen molar-refractivity contribution in [2.75, 3.05) is 6.61 Å². The molecule has 118 valence electrons. The van der Waals surface area contributed by atoms with Crippen molar-refractivity contribution in [1.29, 1.82) is 0 Å². The minimum absolute atomic E-state index is 0.207. The molecule has 0 spiro atoms. The zero-order valence-electron chi connectivity index (χ0n) is 13.8. The summed E-state index contributed by atoms with van der Waals surface area (Å²) in [7, 11) is 0. The molecule has 0 aromatic heterocycles. The zero-order valence-corrected chi connectivity index (χ0v) is 13.8. The van der Waals surface area contributed by atoms with Gasteiger partial charge in [-0.2, -0.15) is 0 Å². The lowest BCUT2D eigenvalue weighted by Gasteiger charge is -2.30. The van der Waals surface area contributed by atoms with Crippen LogP contribution in [-0.2, 0) is 16.6 Å². The van der Waals surface area contributed by atoms with Crippen molar-refractivity contribution in [3.8, 4) is 0 Å². The van der Waals surface area contributed by atoms with Gasteiger partial charge in [-0.15, -0.1) is 0 Å². The molecular weight excluding hydrogens is 282 g/mol. The predicted molar refractivity (Wildman–Crippen MR) is 94.0 cm³/mol. The zero-order chi connectivity index (χ0) is 15.9. The molecule has 1 aliphatic heterocycles. The number of hydrogen-bond donors (Lipinski definition) is 0. The lowest BCUT2D eigenvalue weighted by Crippen LogP contribution is -2.35. The van der Waals surface area contributed by atoms with E-state index in [1.807, 2.05) is 0 Å². The molecule has 23 heavy (non-hydrogen) atoms. The first kappa shape index (κ1) is 14.5. The van der Waals surface area contributed by atoms with E-state index in [-0.39, 0.29) is 11.5 Å². The Hall–Kier alpha value is -2.09. The fraction of sp³-hybridized carbons (Fsp3) is 0.381. The quantitative estimate of drug-likeness (QED) is 0.825. The number of benzene rings is 2. The third-order valence-corrected chi connectivity index (χ3v) is 5.32. The largest absolute Gasteiger partial charge is 0.478 e. The monoisotopic (exact) mass is 305 g/mol. The molecule has 1 aliphatic carbocycles. The number of fused-ring (bicyclic) bond motifs is 1. The van der Waals surface area contributed by atoms with E-state index in [1.165, 1.54) is 16.7 Å². The summed E-state index contributed by atoms with van der Waals surface area (Å²) in [6, 6.07) is 19.8. The highest BCUT2D eigenvalue weighted by atomic mass is 16.5. The summed E-state index contributed by atoms with van der Waals surface area (Å²) in [5.41, 5.74) is 3.89. The summed E-state index contributed by atoms with van der Waals surface area (Å²) in [6.07, 6.45) is 2.12. The minimum atomic E-state index is -0.207. The molecule has 2 aliphatic rings. The maximum Gasteiger partial charge on any atom is 0.199 e. The highest BCUT2D eigenvalue weighted by molar-refractivity contribution is 5.94. The standard InChI is InChI=1S/C21H23NO/c1-15(2)19-14-23-20(22-19)21(17-9-4-3-5-10-17)13-12-16-8-6-7-11-18(16)21/h3-11,15,19H,12-14H2,1-2H3/t19-,21-/m1/s1. The molecule has 2 aromatic rings. The van der Waals surface area contributed by atoms with Gasteiger partial charge in [0.1, 0.15) is 6.61 Å². The maximum absolute atomic E-state index is 6.18. The normalized spacial score (nSPS) is 26.0. The van der Waals surface area contributed by atoms with Crippen LogP contribution in [0.15, 0.2) is 59.6 Å². The Balaban J connectivity index is 1.89. The molecule has 0 amide bonds. The fourth-order valence-corrected chi connectivity index (χ4v) is 3.94. The van der Waals surface area contributed by atoms with Crippen LogP contribution in [0.2, 0.25) is 0 Å². The number of ether oxygens (including phenoxy) is 1. The van der Waals surface area contributed by atoms with E-state index in [1.54, 1.807) is 0 Å². The van der Waals surface area contributed by atoms with E-state index < -0.39 is 0 Å². The number of aliphatic imine (C=N–C) groups is 1. The molecule has 2 heteroatoms. The van der Waals surface area contributed by atoms with Gasteiger partial charge in [-0.25, -0.2) is 4.99 Å². The Kier molecular flexibility index (Phi) is 3.48. The fourth-order valence-electron chi connectivity index (χ4n) is 3.94. The van der Waals surface area contributed by atoms with Gasteiger partial charge in [0.15, 0.2) is 5.90 Å². The van der Waals surface area contributed by atoms with Crippen LogP contribution < -0.4 is 0 Å². The molecule has 0 saturated carbocycles. The Morgan fingerprint density at radius 3 is 2.52 bits per heavy atom. The van der Waals surface area contributed by atoms with Crippen molar-refractivity contribution in [3.63, 3.8) is 0 Å². The second-order valence-corrected chi connectivity index (χ2v) is 6.99. The van der Waals surface area contributed by atoms with Crippen molar-refractivity contribution in [3.05, 3.63) is 71.3 Å². The molecule has 2 atom stereocenters. The first-order valence-corrected chi connectivity index (χ1v) is 8.57. The molecule has 4 rings (SSSR count). The number of hydrogen-bond acceptors (Lipinski definition) is 2. The first-order valence-electron chi connectivity index (χ1n) is 8.57. The average molecular weight is 305 g/mol. The summed E-state index contributed by atoms with van der Waals surface area (Å²) in [5.74, 6) is 1.43. The molecule has 0 N–H and O–H groups in total. The summed E-state index contributed by atoms with van der Waals surface area (Å²) in [4.78, 5) is 5.01. The van der Waals surface area contributed by atoms with Crippen LogP contribution in [0, 0.1) is 5.92 Å². The molecule has 0 saturated heterocycles. The van der Waals surface area contributed by atoms with E-state index in [2.05, 4.69) is 68.4 Å². The SMILES string of the molecule is CC(C)[C@H]1COC([C@@]2(c3ccccc3)CCc3ccccc32)=N1. The first-order chi connectivity index (χ1) is 11.2. The molecule has 0 fully saturated rings. The second-order valence-electron chi connectivity index (χ2n) is 6.99. The third-order valence-electron chi connectivity index (χ3n) is 5.32. The molecular formula is C21H23NO. The smallest absolute Gasteiger partial charge is 0.199 e. The van der Waals surface area contributed by atoms with E-state index in [4.69, 9.17) is 9.73 Å². The van der Waals surface area contributed by atoms with Crippen molar-refractivity contribution < 1.29 is 4.74 Å². The Labute approximate surface area is 138 Å². The van der Waals surface area contributed by atoms with Crippen molar-refractivity contribution in [2.24, 2.45) is 10.9 Å². The van der Waals surface area contributed by atoms with Crippen LogP contribution in [0.5, 0.6) is 0 Å². The van der Waals surface area contributed by atoms with Crippen molar-refractivity contribution in [2.45, 2.75) is 38.1 Å². The summed E-state index contributed by atoms with van der Waals surface area (Å²) >= 11 is 0. The van der Waals surface area contributed by atoms with Crippen LogP contribution in [0.25, 0.3) is 0 Å². The third kappa shape index (κ3) is 2.20. The van der Waals surface area contributed by atoms with Crippen LogP contribution in [0.3, 0.4) is 0 Å². The summed E-state index contributed by atoms with van der Waals surface area (Å²) < 4.78 is 6.18. The van der Waals surface area contributed by atoms with Crippen LogP contribution in [0.1, 0.15) is 37.0 Å². The van der Waals surface area contributed by atoms with Gasteiger partial charge in [0.05, 0.1) is 11.5 Å². The van der Waals surface area contributed by atoms with Gasteiger partial charge in [0.25, 0.3) is 0 Å². The van der Waals surface area contributed by atoms with Crippen molar-refractivity contribution in [1.82, 2.24) is 0 Å². The lowest BCUT2D eigenvalue weighted by atomic mass is 9.75. The Morgan fingerprint density at radius 1 is 1.04 bits per heavy atom. The number of rotatable bonds is 3. The Morgan fingerprint density at radius 2 is 1.78 bits per heavy atom. The van der Waals surface area contributed by atoms with E-state index >= 15 is 0 Å². The highest BCUT2D eigenvalue weighted by Crippen LogP contribution is 2.46. The lowest BCUT2D eigenvalue weighted by molar-refractivity contribution is 0.274. The van der Waals surface area contributed by atoms with Gasteiger partial charge >= 0.3 is 0 Å². The van der Waals surface area contributed by atoms with Gasteiger partial charge < -0.3 is 4.74 Å². The van der Waals surface area contributed by atoms with Crippen LogP contribution in [0.4, 0.5) is 0 Å². The maximum atomic E-state index is 6.18. The molecule has 1 heterocycles. The molecule has 0 radical (unpaired) electrons. The molecule has 0 bridgehead atoms. The molecule has 2 aromatic carbocycles. The number of nitrogens with zero attached hydrogens (tertiary/aromatic N) is 1. The predicted octanol–water partition coefficient (Wildman–Crippen LogP) is 4.37. The van der Waals surface area contributed by atoms with E-state index in [0.717, 1.165) is 18.7 Å². The summed E-state index contributed by atoms with van der Waals surface area (Å²) in [6.45, 7) is 5.15.